The van der Waals surface area contributed by atoms with E-state index in [9.17, 15) is 13.0 Å². The molecule has 0 heterocycles. The van der Waals surface area contributed by atoms with Gasteiger partial charge in [-0.25, -0.2) is 8.42 Å². The fourth-order valence-electron chi connectivity index (χ4n) is 1.10. The molecule has 0 saturated carbocycles. The molecule has 104 valence electrons. The van der Waals surface area contributed by atoms with Gasteiger partial charge < -0.3 is 9.04 Å². The second kappa shape index (κ2) is 6.81. The molecular formula is C11H20N2O4S. The van der Waals surface area contributed by atoms with Gasteiger partial charge in [-0.2, -0.15) is 0 Å². The highest BCUT2D eigenvalue weighted by atomic mass is 32.3. The number of nitrogens with two attached hydrogens (primary N) is 1. The van der Waals surface area contributed by atoms with Gasteiger partial charge in [0, 0.05) is 5.56 Å². The van der Waals surface area contributed by atoms with Crippen LogP contribution >= 0.6 is 0 Å². The van der Waals surface area contributed by atoms with Gasteiger partial charge in [-0.1, -0.05) is 30.3 Å². The summed E-state index contributed by atoms with van der Waals surface area (Å²) >= 11 is 0. The fourth-order valence-corrected chi connectivity index (χ4v) is 1.10. The van der Waals surface area contributed by atoms with Crippen molar-refractivity contribution < 1.29 is 21.6 Å². The molecule has 1 unspecified atom stereocenters. The van der Waals surface area contributed by atoms with Crippen LogP contribution in [0.25, 0.3) is 0 Å². The van der Waals surface area contributed by atoms with Crippen LogP contribution < -0.4 is 5.73 Å². The van der Waals surface area contributed by atoms with E-state index >= 15 is 0 Å². The van der Waals surface area contributed by atoms with E-state index < -0.39 is 10.4 Å². The topological polar surface area (TPSA) is 92.5 Å². The van der Waals surface area contributed by atoms with E-state index in [4.69, 9.17) is 5.73 Å². The first kappa shape index (κ1) is 17.0. The Morgan fingerprint density at radius 2 is 1.61 bits per heavy atom. The highest BCUT2D eigenvalue weighted by Gasteiger charge is 2.19. The van der Waals surface area contributed by atoms with Crippen molar-refractivity contribution in [2.45, 2.75) is 6.17 Å². The fraction of sp³-hybridized carbons (Fsp3) is 0.455. The summed E-state index contributed by atoms with van der Waals surface area (Å²) in [6.07, 6.45) is 0.0613. The molecule has 1 atom stereocenters. The Balaban J connectivity index is 0.000000411. The quantitative estimate of drug-likeness (QED) is 0.374. The summed E-state index contributed by atoms with van der Waals surface area (Å²) in [6, 6.07) is 10.2. The largest absolute Gasteiger partial charge is 0.726 e. The summed E-state index contributed by atoms with van der Waals surface area (Å²) in [7, 11) is 2.68. The lowest BCUT2D eigenvalue weighted by molar-refractivity contribution is -0.902. The first-order chi connectivity index (χ1) is 8.08. The number of hydrogen-bond donors (Lipinski definition) is 1. The minimum absolute atomic E-state index is 0.0613. The highest BCUT2D eigenvalue weighted by Crippen LogP contribution is 2.16. The van der Waals surface area contributed by atoms with Crippen LogP contribution in [0, 0.1) is 0 Å². The Labute approximate surface area is 109 Å². The maximum absolute atomic E-state index is 9.22. The van der Waals surface area contributed by atoms with Crippen LogP contribution in [0.1, 0.15) is 11.7 Å². The zero-order valence-corrected chi connectivity index (χ0v) is 11.8. The molecule has 0 aliphatic heterocycles. The molecule has 0 spiro atoms. The summed E-state index contributed by atoms with van der Waals surface area (Å²) in [6.45, 7) is 0. The van der Waals surface area contributed by atoms with Gasteiger partial charge in [0.05, 0.1) is 28.3 Å². The van der Waals surface area contributed by atoms with Crippen LogP contribution in [0.15, 0.2) is 30.3 Å². The van der Waals surface area contributed by atoms with Crippen molar-refractivity contribution in [1.29, 1.82) is 0 Å². The molecule has 0 aliphatic rings. The number of nitrogens with zero attached hydrogens (tertiary/aromatic N) is 1. The molecule has 2 N–H and O–H groups in total. The molecule has 7 heteroatoms. The highest BCUT2D eigenvalue weighted by molar-refractivity contribution is 7.80. The minimum Gasteiger partial charge on any atom is -0.726 e. The lowest BCUT2D eigenvalue weighted by Crippen LogP contribution is -2.43. The molecular weight excluding hydrogens is 256 g/mol. The molecule has 0 aliphatic carbocycles. The molecule has 6 nitrogen and oxygen atoms in total. The van der Waals surface area contributed by atoms with Gasteiger partial charge in [-0.15, -0.1) is 0 Å². The Morgan fingerprint density at radius 3 is 1.89 bits per heavy atom. The molecule has 1 rings (SSSR count). The van der Waals surface area contributed by atoms with Gasteiger partial charge >= 0.3 is 0 Å². The van der Waals surface area contributed by atoms with Crippen molar-refractivity contribution in [2.75, 3.05) is 28.3 Å². The van der Waals surface area contributed by atoms with Crippen LogP contribution in [0.4, 0.5) is 0 Å². The molecule has 0 aromatic heterocycles. The molecule has 1 aromatic carbocycles. The summed E-state index contributed by atoms with van der Waals surface area (Å²) in [5.41, 5.74) is 7.23. The van der Waals surface area contributed by atoms with Crippen molar-refractivity contribution in [3.05, 3.63) is 35.9 Å². The summed E-state index contributed by atoms with van der Waals surface area (Å²) in [5, 5.41) is 0. The van der Waals surface area contributed by atoms with Crippen LogP contribution in [-0.4, -0.2) is 45.7 Å². The van der Waals surface area contributed by atoms with Crippen molar-refractivity contribution in [3.63, 3.8) is 0 Å². The van der Waals surface area contributed by atoms with E-state index in [0.29, 0.717) is 0 Å². The van der Waals surface area contributed by atoms with Gasteiger partial charge in [0.25, 0.3) is 0 Å². The van der Waals surface area contributed by atoms with Crippen LogP contribution in [0.3, 0.4) is 0 Å². The van der Waals surface area contributed by atoms with E-state index in [1.54, 1.807) is 0 Å². The average Bonchev–Trinajstić information content (AvgIpc) is 2.28. The van der Waals surface area contributed by atoms with E-state index in [1.807, 2.05) is 18.2 Å². The van der Waals surface area contributed by atoms with Crippen LogP contribution in [0.5, 0.6) is 0 Å². The molecule has 0 amide bonds. The van der Waals surface area contributed by atoms with Crippen LogP contribution in [-0.2, 0) is 14.6 Å². The number of benzene rings is 1. The molecule has 0 fully saturated rings. The van der Waals surface area contributed by atoms with E-state index in [1.165, 1.54) is 5.56 Å². The predicted octanol–water partition coefficient (Wildman–Crippen LogP) is 0.443. The van der Waals surface area contributed by atoms with E-state index in [-0.39, 0.29) is 6.17 Å². The lowest BCUT2D eigenvalue weighted by Gasteiger charge is -2.31. The van der Waals surface area contributed by atoms with Gasteiger partial charge in [0.15, 0.2) is 6.17 Å². The zero-order valence-electron chi connectivity index (χ0n) is 11.0. The second-order valence-electron chi connectivity index (χ2n) is 4.55. The first-order valence-electron chi connectivity index (χ1n) is 5.21. The first-order valence-corrected chi connectivity index (χ1v) is 6.54. The Hall–Kier alpha value is -0.990. The second-order valence-corrected chi connectivity index (χ2v) is 5.70. The Bertz CT molecular complexity index is 440. The van der Waals surface area contributed by atoms with Gasteiger partial charge in [-0.3, -0.25) is 9.92 Å². The third-order valence-electron chi connectivity index (χ3n) is 2.18. The molecule has 0 saturated heterocycles. The van der Waals surface area contributed by atoms with Crippen molar-refractivity contribution in [1.82, 2.24) is 0 Å². The normalized spacial score (nSPS) is 13.4. The third-order valence-corrected chi connectivity index (χ3v) is 2.59. The molecule has 0 radical (unpaired) electrons. The predicted molar refractivity (Wildman–Crippen MR) is 68.1 cm³/mol. The monoisotopic (exact) mass is 276 g/mol. The summed E-state index contributed by atoms with van der Waals surface area (Å²) in [5.74, 6) is 0. The van der Waals surface area contributed by atoms with E-state index in [0.717, 1.165) is 11.6 Å². The lowest BCUT2D eigenvalue weighted by atomic mass is 10.1. The van der Waals surface area contributed by atoms with Gasteiger partial charge in [0.2, 0.25) is 10.4 Å². The average molecular weight is 276 g/mol. The number of rotatable bonds is 3. The van der Waals surface area contributed by atoms with E-state index in [2.05, 4.69) is 37.5 Å². The number of quaternary nitrogens is 1. The third kappa shape index (κ3) is 7.36. The zero-order chi connectivity index (χ0) is 14.4. The molecule has 18 heavy (non-hydrogen) atoms. The maximum atomic E-state index is 9.22. The van der Waals surface area contributed by atoms with Gasteiger partial charge in [-0.05, 0) is 0 Å². The van der Waals surface area contributed by atoms with Crippen LogP contribution in [0.2, 0.25) is 0 Å². The minimum atomic E-state index is -4.41. The summed E-state index contributed by atoms with van der Waals surface area (Å²) in [4.78, 5) is 0. The summed E-state index contributed by atoms with van der Waals surface area (Å²) < 4.78 is 31.8. The molecule has 0 bridgehead atoms. The van der Waals surface area contributed by atoms with Crippen molar-refractivity contribution >= 4 is 10.4 Å². The van der Waals surface area contributed by atoms with Gasteiger partial charge in [0.1, 0.15) is 0 Å². The van der Waals surface area contributed by atoms with Crippen molar-refractivity contribution in [2.24, 2.45) is 5.73 Å². The Kier molecular flexibility index (Phi) is 6.44. The van der Waals surface area contributed by atoms with Crippen molar-refractivity contribution in [3.8, 4) is 0 Å². The number of hydrogen-bond acceptors (Lipinski definition) is 5. The standard InChI is InChI=1S/C10H17N2.CH4O4S/c1-12(2,3)10(11)9-7-5-4-6-8-9;1-5-6(2,3)4/h4-8,10H,11H2,1-3H3;1H3,(H,2,3,4)/q+1;/p-1. The Morgan fingerprint density at radius 1 is 1.22 bits per heavy atom. The molecule has 1 aromatic rings. The smallest absolute Gasteiger partial charge is 0.217 e. The SMILES string of the molecule is COS(=O)(=O)[O-].C[N+](C)(C)C(N)c1ccccc1. The maximum Gasteiger partial charge on any atom is 0.217 e.